The lowest BCUT2D eigenvalue weighted by Crippen LogP contribution is -2.47. The van der Waals surface area contributed by atoms with Gasteiger partial charge in [0.2, 0.25) is 5.91 Å². The number of aliphatic carboxylic acids is 1. The van der Waals surface area contributed by atoms with Crippen LogP contribution in [-0.2, 0) is 9.59 Å². The average molecular weight is 260 g/mol. The van der Waals surface area contributed by atoms with Crippen molar-refractivity contribution in [1.29, 1.82) is 0 Å². The number of nitrogens with one attached hydrogen (secondary N) is 1. The normalized spacial score (nSPS) is 14.9. The number of carboxylic acids is 1. The second-order valence-electron chi connectivity index (χ2n) is 5.33. The van der Waals surface area contributed by atoms with E-state index in [1.807, 2.05) is 13.8 Å². The van der Waals surface area contributed by atoms with Gasteiger partial charge in [0, 0.05) is 6.42 Å². The summed E-state index contributed by atoms with van der Waals surface area (Å²) in [6.45, 7) is 5.91. The van der Waals surface area contributed by atoms with Crippen LogP contribution in [0, 0.1) is 5.41 Å². The molecule has 0 spiro atoms. The fourth-order valence-corrected chi connectivity index (χ4v) is 1.60. The predicted molar refractivity (Wildman–Crippen MR) is 67.9 cm³/mol. The fourth-order valence-electron chi connectivity index (χ4n) is 1.60. The molecular formula is C12H24N2O4. The number of rotatable bonds is 8. The van der Waals surface area contributed by atoms with Gasteiger partial charge in [-0.3, -0.25) is 4.79 Å². The minimum atomic E-state index is -1.25. The summed E-state index contributed by atoms with van der Waals surface area (Å²) in [4.78, 5) is 22.4. The van der Waals surface area contributed by atoms with Crippen molar-refractivity contribution < 1.29 is 19.8 Å². The Kier molecular flexibility index (Phi) is 6.86. The maximum Gasteiger partial charge on any atom is 0.328 e. The van der Waals surface area contributed by atoms with E-state index in [1.165, 1.54) is 6.92 Å². The summed E-state index contributed by atoms with van der Waals surface area (Å²) in [5.41, 5.74) is 5.42. The highest BCUT2D eigenvalue weighted by atomic mass is 16.4. The molecule has 0 aliphatic carbocycles. The molecule has 0 aliphatic heterocycles. The molecule has 6 heteroatoms. The van der Waals surface area contributed by atoms with Crippen LogP contribution in [0.25, 0.3) is 0 Å². The van der Waals surface area contributed by atoms with Gasteiger partial charge in [-0.25, -0.2) is 4.79 Å². The first-order chi connectivity index (χ1) is 8.19. The topological polar surface area (TPSA) is 113 Å². The van der Waals surface area contributed by atoms with Crippen molar-refractivity contribution in [3.63, 3.8) is 0 Å². The van der Waals surface area contributed by atoms with Gasteiger partial charge in [-0.2, -0.15) is 0 Å². The van der Waals surface area contributed by atoms with Gasteiger partial charge in [0.25, 0.3) is 0 Å². The van der Waals surface area contributed by atoms with Gasteiger partial charge in [-0.15, -0.1) is 0 Å². The summed E-state index contributed by atoms with van der Waals surface area (Å²) in [7, 11) is 0. The number of amides is 1. The number of carboxylic acid groups (broad SMARTS) is 1. The quantitative estimate of drug-likeness (QED) is 0.494. The lowest BCUT2D eigenvalue weighted by atomic mass is 9.84. The number of hydrogen-bond donors (Lipinski definition) is 4. The molecular weight excluding hydrogens is 236 g/mol. The van der Waals surface area contributed by atoms with E-state index in [1.54, 1.807) is 0 Å². The Morgan fingerprint density at radius 3 is 2.28 bits per heavy atom. The summed E-state index contributed by atoms with van der Waals surface area (Å²) in [5, 5.41) is 20.4. The Hall–Kier alpha value is -1.14. The lowest BCUT2D eigenvalue weighted by molar-refractivity contribution is -0.144. The molecule has 6 nitrogen and oxygen atoms in total. The summed E-state index contributed by atoms with van der Waals surface area (Å²) in [6, 6.07) is -1.25. The van der Waals surface area contributed by atoms with Crippen molar-refractivity contribution in [1.82, 2.24) is 5.32 Å². The van der Waals surface area contributed by atoms with Crippen LogP contribution >= 0.6 is 0 Å². The second kappa shape index (κ2) is 7.33. The highest BCUT2D eigenvalue weighted by Gasteiger charge is 2.26. The van der Waals surface area contributed by atoms with Crippen LogP contribution in [0.15, 0.2) is 0 Å². The van der Waals surface area contributed by atoms with Crippen molar-refractivity contribution in [2.45, 2.75) is 52.2 Å². The van der Waals surface area contributed by atoms with Gasteiger partial charge in [-0.1, -0.05) is 13.8 Å². The highest BCUT2D eigenvalue weighted by molar-refractivity contribution is 5.83. The van der Waals surface area contributed by atoms with Gasteiger partial charge >= 0.3 is 5.97 Å². The molecule has 0 radical (unpaired) electrons. The van der Waals surface area contributed by atoms with Crippen molar-refractivity contribution in [2.24, 2.45) is 11.1 Å². The van der Waals surface area contributed by atoms with Gasteiger partial charge < -0.3 is 21.3 Å². The summed E-state index contributed by atoms with van der Waals surface area (Å²) in [5.74, 6) is -1.60. The average Bonchev–Trinajstić information content (AvgIpc) is 2.22. The third-order valence-electron chi connectivity index (χ3n) is 2.91. The van der Waals surface area contributed by atoms with Gasteiger partial charge in [0.15, 0.2) is 6.04 Å². The Morgan fingerprint density at radius 1 is 1.33 bits per heavy atom. The molecule has 0 rings (SSSR count). The maximum atomic E-state index is 11.6. The smallest absolute Gasteiger partial charge is 0.328 e. The molecule has 2 atom stereocenters. The Labute approximate surface area is 108 Å². The molecule has 0 bridgehead atoms. The van der Waals surface area contributed by atoms with Crippen LogP contribution in [0.1, 0.15) is 40.0 Å². The lowest BCUT2D eigenvalue weighted by Gasteiger charge is -2.24. The molecule has 5 N–H and O–H groups in total. The van der Waals surface area contributed by atoms with E-state index >= 15 is 0 Å². The molecule has 0 saturated carbocycles. The highest BCUT2D eigenvalue weighted by Crippen LogP contribution is 2.25. The third kappa shape index (κ3) is 6.56. The SMILES string of the molecule is CC(O)C(NC(=O)CCC(C)(C)CCN)C(=O)O. The Bertz CT molecular complexity index is 290. The van der Waals surface area contributed by atoms with E-state index in [-0.39, 0.29) is 17.7 Å². The first-order valence-electron chi connectivity index (χ1n) is 6.10. The van der Waals surface area contributed by atoms with Crippen molar-refractivity contribution in [2.75, 3.05) is 6.54 Å². The molecule has 2 unspecified atom stereocenters. The molecule has 1 amide bonds. The van der Waals surface area contributed by atoms with E-state index in [9.17, 15) is 14.7 Å². The largest absolute Gasteiger partial charge is 0.480 e. The molecule has 0 saturated heterocycles. The number of carbonyl (C=O) groups excluding carboxylic acids is 1. The molecule has 18 heavy (non-hydrogen) atoms. The summed E-state index contributed by atoms with van der Waals surface area (Å²) >= 11 is 0. The van der Waals surface area contributed by atoms with Gasteiger partial charge in [0.1, 0.15) is 0 Å². The number of nitrogens with two attached hydrogens (primary N) is 1. The Morgan fingerprint density at radius 2 is 1.89 bits per heavy atom. The molecule has 0 fully saturated rings. The predicted octanol–water partition coefficient (Wildman–Crippen LogP) is 0.0918. The van der Waals surface area contributed by atoms with E-state index < -0.39 is 18.1 Å². The maximum absolute atomic E-state index is 11.6. The first kappa shape index (κ1) is 16.9. The van der Waals surface area contributed by atoms with Crippen LogP contribution in [0.2, 0.25) is 0 Å². The molecule has 0 aliphatic rings. The number of carbonyl (C=O) groups is 2. The van der Waals surface area contributed by atoms with Crippen LogP contribution in [0.4, 0.5) is 0 Å². The zero-order valence-electron chi connectivity index (χ0n) is 11.3. The van der Waals surface area contributed by atoms with Crippen molar-refractivity contribution in [3.05, 3.63) is 0 Å². The van der Waals surface area contributed by atoms with Crippen LogP contribution in [0.5, 0.6) is 0 Å². The molecule has 0 aromatic rings. The van der Waals surface area contributed by atoms with Crippen LogP contribution < -0.4 is 11.1 Å². The monoisotopic (exact) mass is 260 g/mol. The Balaban J connectivity index is 4.22. The zero-order chi connectivity index (χ0) is 14.3. The summed E-state index contributed by atoms with van der Waals surface area (Å²) < 4.78 is 0. The van der Waals surface area contributed by atoms with Gasteiger partial charge in [0.05, 0.1) is 6.10 Å². The molecule has 0 aromatic heterocycles. The van der Waals surface area contributed by atoms with E-state index in [0.717, 1.165) is 6.42 Å². The van der Waals surface area contributed by atoms with Crippen LogP contribution in [-0.4, -0.2) is 40.8 Å². The van der Waals surface area contributed by atoms with Crippen molar-refractivity contribution >= 4 is 11.9 Å². The summed E-state index contributed by atoms with van der Waals surface area (Å²) in [6.07, 6.45) is 0.536. The third-order valence-corrected chi connectivity index (χ3v) is 2.91. The minimum absolute atomic E-state index is 0.0460. The number of hydrogen-bond acceptors (Lipinski definition) is 4. The van der Waals surface area contributed by atoms with Crippen LogP contribution in [0.3, 0.4) is 0 Å². The minimum Gasteiger partial charge on any atom is -0.480 e. The zero-order valence-corrected chi connectivity index (χ0v) is 11.3. The standard InChI is InChI=1S/C12H24N2O4/c1-8(15)10(11(17)18)14-9(16)4-5-12(2,3)6-7-13/h8,10,15H,4-7,13H2,1-3H3,(H,14,16)(H,17,18). The second-order valence-corrected chi connectivity index (χ2v) is 5.33. The molecule has 0 heterocycles. The molecule has 106 valence electrons. The number of aliphatic hydroxyl groups excluding tert-OH is 1. The van der Waals surface area contributed by atoms with E-state index in [2.05, 4.69) is 5.32 Å². The van der Waals surface area contributed by atoms with Crippen molar-refractivity contribution in [3.8, 4) is 0 Å². The number of aliphatic hydroxyl groups is 1. The van der Waals surface area contributed by atoms with Gasteiger partial charge in [-0.05, 0) is 31.7 Å². The first-order valence-corrected chi connectivity index (χ1v) is 6.10. The van der Waals surface area contributed by atoms with E-state index in [4.69, 9.17) is 10.8 Å². The van der Waals surface area contributed by atoms with E-state index in [0.29, 0.717) is 13.0 Å². The fraction of sp³-hybridized carbons (Fsp3) is 0.833. The molecule has 0 aromatic carbocycles.